The summed E-state index contributed by atoms with van der Waals surface area (Å²) < 4.78 is 0. The fraction of sp³-hybridized carbons (Fsp3) is 0.462. The Hall–Kier alpha value is -1.02. The maximum Gasteiger partial charge on any atom is 0.130 e. The van der Waals surface area contributed by atoms with Gasteiger partial charge in [-0.3, -0.25) is 4.99 Å². The first kappa shape index (κ1) is 11.5. The van der Waals surface area contributed by atoms with E-state index in [4.69, 9.17) is 11.6 Å². The second-order valence-electron chi connectivity index (χ2n) is 4.10. The van der Waals surface area contributed by atoms with Gasteiger partial charge in [-0.05, 0) is 43.5 Å². The van der Waals surface area contributed by atoms with E-state index in [0.29, 0.717) is 0 Å². The third kappa shape index (κ3) is 2.56. The Morgan fingerprint density at radius 1 is 1.12 bits per heavy atom. The third-order valence-electron chi connectivity index (χ3n) is 2.97. The average Bonchev–Trinajstić information content (AvgIpc) is 2.34. The van der Waals surface area contributed by atoms with Gasteiger partial charge in [0.25, 0.3) is 0 Å². The summed E-state index contributed by atoms with van der Waals surface area (Å²) in [5.74, 6) is 1.09. The molecular formula is C13H17ClN2. The largest absolute Gasteiger partial charge is 0.356 e. The van der Waals surface area contributed by atoms with E-state index in [2.05, 4.69) is 9.89 Å². The Labute approximate surface area is 102 Å². The van der Waals surface area contributed by atoms with Crippen molar-refractivity contribution in [3.05, 3.63) is 34.9 Å². The lowest BCUT2D eigenvalue weighted by Gasteiger charge is -2.29. The number of hydrogen-bond donors (Lipinski definition) is 0. The summed E-state index contributed by atoms with van der Waals surface area (Å²) in [6, 6.07) is 7.93. The Bertz CT molecular complexity index is 364. The highest BCUT2D eigenvalue weighted by molar-refractivity contribution is 6.30. The third-order valence-corrected chi connectivity index (χ3v) is 3.22. The molecule has 16 heavy (non-hydrogen) atoms. The maximum absolute atomic E-state index is 5.89. The number of benzene rings is 1. The van der Waals surface area contributed by atoms with Gasteiger partial charge in [0, 0.05) is 30.7 Å². The highest BCUT2D eigenvalue weighted by atomic mass is 35.5. The normalized spacial score (nSPS) is 17.6. The number of nitrogens with zero attached hydrogens (tertiary/aromatic N) is 2. The van der Waals surface area contributed by atoms with E-state index < -0.39 is 0 Å². The minimum atomic E-state index is 0.776. The molecule has 1 saturated heterocycles. The summed E-state index contributed by atoms with van der Waals surface area (Å²) in [6.45, 7) is 2.24. The monoisotopic (exact) mass is 236 g/mol. The lowest BCUT2D eigenvalue weighted by molar-refractivity contribution is 0.342. The van der Waals surface area contributed by atoms with Crippen LogP contribution in [0.2, 0.25) is 5.02 Å². The number of likely N-dealkylation sites (tertiary alicyclic amines) is 1. The van der Waals surface area contributed by atoms with Crippen molar-refractivity contribution in [2.24, 2.45) is 4.99 Å². The molecule has 86 valence electrons. The molecule has 0 aromatic heterocycles. The van der Waals surface area contributed by atoms with Crippen LogP contribution in [0, 0.1) is 0 Å². The second kappa shape index (κ2) is 5.35. The van der Waals surface area contributed by atoms with Crippen LogP contribution >= 0.6 is 11.6 Å². The van der Waals surface area contributed by atoms with Crippen molar-refractivity contribution in [2.45, 2.75) is 19.3 Å². The summed E-state index contributed by atoms with van der Waals surface area (Å²) in [5, 5.41) is 0.776. The number of aliphatic imine (C=N–C) groups is 1. The standard InChI is InChI=1S/C13H17ClN2/c1-15-13(16-9-3-2-4-10-16)11-5-7-12(14)8-6-11/h5-8H,2-4,9-10H2,1H3. The highest BCUT2D eigenvalue weighted by Gasteiger charge is 2.15. The molecule has 1 heterocycles. The molecule has 0 amide bonds. The van der Waals surface area contributed by atoms with Crippen molar-refractivity contribution in [2.75, 3.05) is 20.1 Å². The zero-order valence-electron chi connectivity index (χ0n) is 9.62. The Morgan fingerprint density at radius 3 is 2.31 bits per heavy atom. The fourth-order valence-electron chi connectivity index (χ4n) is 2.16. The van der Waals surface area contributed by atoms with Gasteiger partial charge in [-0.15, -0.1) is 0 Å². The SMILES string of the molecule is CN=C(c1ccc(Cl)cc1)N1CCCCC1. The van der Waals surface area contributed by atoms with Gasteiger partial charge in [0.15, 0.2) is 0 Å². The molecule has 0 N–H and O–H groups in total. The van der Waals surface area contributed by atoms with E-state index in [1.54, 1.807) is 0 Å². The number of amidine groups is 1. The smallest absolute Gasteiger partial charge is 0.130 e. The van der Waals surface area contributed by atoms with Crippen LogP contribution in [-0.4, -0.2) is 30.9 Å². The Kier molecular flexibility index (Phi) is 3.83. The predicted molar refractivity (Wildman–Crippen MR) is 69.3 cm³/mol. The molecule has 2 nitrogen and oxygen atoms in total. The molecular weight excluding hydrogens is 220 g/mol. The molecule has 1 aliphatic heterocycles. The fourth-order valence-corrected chi connectivity index (χ4v) is 2.28. The van der Waals surface area contributed by atoms with Crippen molar-refractivity contribution in [1.82, 2.24) is 4.90 Å². The van der Waals surface area contributed by atoms with E-state index in [0.717, 1.165) is 29.5 Å². The minimum Gasteiger partial charge on any atom is -0.356 e. The van der Waals surface area contributed by atoms with E-state index in [1.807, 2.05) is 31.3 Å². The zero-order chi connectivity index (χ0) is 11.4. The minimum absolute atomic E-state index is 0.776. The number of piperidine rings is 1. The van der Waals surface area contributed by atoms with Gasteiger partial charge >= 0.3 is 0 Å². The van der Waals surface area contributed by atoms with Crippen molar-refractivity contribution in [1.29, 1.82) is 0 Å². The van der Waals surface area contributed by atoms with Gasteiger partial charge in [-0.1, -0.05) is 11.6 Å². The molecule has 2 rings (SSSR count). The lowest BCUT2D eigenvalue weighted by Crippen LogP contribution is -2.36. The zero-order valence-corrected chi connectivity index (χ0v) is 10.4. The Balaban J connectivity index is 2.18. The molecule has 0 unspecified atom stereocenters. The number of hydrogen-bond acceptors (Lipinski definition) is 1. The van der Waals surface area contributed by atoms with Gasteiger partial charge in [0.05, 0.1) is 0 Å². The molecule has 0 saturated carbocycles. The number of halogens is 1. The van der Waals surface area contributed by atoms with Gasteiger partial charge in [0.1, 0.15) is 5.84 Å². The first-order chi connectivity index (χ1) is 7.81. The predicted octanol–water partition coefficient (Wildman–Crippen LogP) is 3.20. The summed E-state index contributed by atoms with van der Waals surface area (Å²) in [4.78, 5) is 6.78. The maximum atomic E-state index is 5.89. The van der Waals surface area contributed by atoms with Crippen LogP contribution in [0.3, 0.4) is 0 Å². The first-order valence-corrected chi connectivity index (χ1v) is 6.17. The van der Waals surface area contributed by atoms with Crippen molar-refractivity contribution >= 4 is 17.4 Å². The van der Waals surface area contributed by atoms with Crippen LogP contribution in [-0.2, 0) is 0 Å². The summed E-state index contributed by atoms with van der Waals surface area (Å²) in [6.07, 6.45) is 3.88. The molecule has 0 bridgehead atoms. The molecule has 0 atom stereocenters. The van der Waals surface area contributed by atoms with Crippen LogP contribution < -0.4 is 0 Å². The van der Waals surface area contributed by atoms with Crippen LogP contribution in [0.4, 0.5) is 0 Å². The molecule has 0 spiro atoms. The first-order valence-electron chi connectivity index (χ1n) is 5.79. The molecule has 1 fully saturated rings. The molecule has 1 aliphatic rings. The second-order valence-corrected chi connectivity index (χ2v) is 4.54. The van der Waals surface area contributed by atoms with Crippen LogP contribution in [0.25, 0.3) is 0 Å². The average molecular weight is 237 g/mol. The highest BCUT2D eigenvalue weighted by Crippen LogP contribution is 2.16. The molecule has 1 aromatic carbocycles. The van der Waals surface area contributed by atoms with Crippen molar-refractivity contribution < 1.29 is 0 Å². The summed E-state index contributed by atoms with van der Waals surface area (Å²) in [5.41, 5.74) is 1.16. The van der Waals surface area contributed by atoms with Gasteiger partial charge in [-0.2, -0.15) is 0 Å². The van der Waals surface area contributed by atoms with E-state index in [9.17, 15) is 0 Å². The van der Waals surface area contributed by atoms with Crippen LogP contribution in [0.15, 0.2) is 29.3 Å². The quantitative estimate of drug-likeness (QED) is 0.540. The lowest BCUT2D eigenvalue weighted by atomic mass is 10.1. The van der Waals surface area contributed by atoms with Crippen LogP contribution in [0.5, 0.6) is 0 Å². The molecule has 0 aliphatic carbocycles. The van der Waals surface area contributed by atoms with E-state index in [-0.39, 0.29) is 0 Å². The topological polar surface area (TPSA) is 15.6 Å². The van der Waals surface area contributed by atoms with Gasteiger partial charge < -0.3 is 4.90 Å². The van der Waals surface area contributed by atoms with Gasteiger partial charge in [0.2, 0.25) is 0 Å². The van der Waals surface area contributed by atoms with Crippen molar-refractivity contribution in [3.63, 3.8) is 0 Å². The van der Waals surface area contributed by atoms with Crippen LogP contribution in [0.1, 0.15) is 24.8 Å². The Morgan fingerprint density at radius 2 is 1.75 bits per heavy atom. The molecule has 0 radical (unpaired) electrons. The molecule has 3 heteroatoms. The van der Waals surface area contributed by atoms with Crippen molar-refractivity contribution in [3.8, 4) is 0 Å². The van der Waals surface area contributed by atoms with E-state index >= 15 is 0 Å². The van der Waals surface area contributed by atoms with E-state index in [1.165, 1.54) is 19.3 Å². The molecule has 1 aromatic rings. The number of rotatable bonds is 1. The van der Waals surface area contributed by atoms with Gasteiger partial charge in [-0.25, -0.2) is 0 Å². The summed E-state index contributed by atoms with van der Waals surface area (Å²) in [7, 11) is 1.86. The summed E-state index contributed by atoms with van der Waals surface area (Å²) >= 11 is 5.89.